The van der Waals surface area contributed by atoms with E-state index in [9.17, 15) is 14.0 Å². The Balaban J connectivity index is 0.874. The lowest BCUT2D eigenvalue weighted by Crippen LogP contribution is -2.51. The second-order valence-corrected chi connectivity index (χ2v) is 12.6. The van der Waals surface area contributed by atoms with Gasteiger partial charge in [0, 0.05) is 69.2 Å². The van der Waals surface area contributed by atoms with Crippen LogP contribution >= 0.6 is 0 Å². The third-order valence-corrected chi connectivity index (χ3v) is 9.69. The van der Waals surface area contributed by atoms with Gasteiger partial charge in [-0.05, 0) is 61.9 Å². The molecule has 3 aliphatic heterocycles. The Morgan fingerprint density at radius 2 is 1.81 bits per heavy atom. The van der Waals surface area contributed by atoms with E-state index in [4.69, 9.17) is 0 Å². The molecule has 1 N–H and O–H groups in total. The van der Waals surface area contributed by atoms with Gasteiger partial charge in [-0.15, -0.1) is 0 Å². The molecule has 8 rings (SSSR count). The van der Waals surface area contributed by atoms with Gasteiger partial charge in [0.2, 0.25) is 11.8 Å². The van der Waals surface area contributed by atoms with Gasteiger partial charge in [-0.25, -0.2) is 14.4 Å². The van der Waals surface area contributed by atoms with E-state index in [2.05, 4.69) is 40.0 Å². The van der Waals surface area contributed by atoms with Crippen molar-refractivity contribution in [2.75, 3.05) is 62.2 Å². The van der Waals surface area contributed by atoms with Crippen LogP contribution in [-0.4, -0.2) is 109 Å². The molecule has 240 valence electrons. The summed E-state index contributed by atoms with van der Waals surface area (Å²) in [5, 5.41) is 12.6. The van der Waals surface area contributed by atoms with Crippen molar-refractivity contribution < 1.29 is 14.0 Å². The summed E-state index contributed by atoms with van der Waals surface area (Å²) in [6, 6.07) is 12.7. The van der Waals surface area contributed by atoms with Crippen LogP contribution in [0.15, 0.2) is 61.2 Å². The number of fused-ring (bicyclic) bond motifs is 1. The molecule has 3 aliphatic rings. The first-order valence-electron chi connectivity index (χ1n) is 15.8. The summed E-state index contributed by atoms with van der Waals surface area (Å²) in [4.78, 5) is 48.4. The number of hydrogen-bond acceptors (Lipinski definition) is 9. The number of benzene rings is 1. The molecule has 0 unspecified atom stereocenters. The van der Waals surface area contributed by atoms with Gasteiger partial charge in [0.25, 0.3) is 0 Å². The van der Waals surface area contributed by atoms with Crippen molar-refractivity contribution in [2.24, 2.45) is 12.5 Å². The molecule has 14 heteroatoms. The van der Waals surface area contributed by atoms with E-state index >= 15 is 0 Å². The van der Waals surface area contributed by atoms with E-state index in [0.29, 0.717) is 69.6 Å². The van der Waals surface area contributed by atoms with Crippen LogP contribution in [0.3, 0.4) is 0 Å². The molecule has 5 aromatic rings. The van der Waals surface area contributed by atoms with Gasteiger partial charge in [-0.3, -0.25) is 29.3 Å². The molecule has 3 fully saturated rings. The highest BCUT2D eigenvalue weighted by atomic mass is 19.1. The molecule has 13 nitrogen and oxygen atoms in total. The van der Waals surface area contributed by atoms with Crippen molar-refractivity contribution in [3.8, 4) is 22.8 Å². The zero-order valence-corrected chi connectivity index (χ0v) is 26.0. The molecule has 7 heterocycles. The second-order valence-electron chi connectivity index (χ2n) is 12.6. The summed E-state index contributed by atoms with van der Waals surface area (Å²) in [6.45, 7) is 4.89. The number of aryl methyl sites for hydroxylation is 1. The van der Waals surface area contributed by atoms with E-state index in [1.807, 2.05) is 47.2 Å². The molecular weight excluding hydrogens is 601 g/mol. The number of amides is 2. The standard InChI is InChI=1S/C33H34FN11O2/c1-41-21-37-31(40-41)22-2-7-28(36-17-22)43-12-14-44(15-13-43)29(46)19-42-10-8-33(20-42)9-11-45(32(33)47)24-4-6-26-25(16-24)30(39-38-26)27-5-3-23(34)18-35-27/h2-7,16-18,21H,8-15,19-20H2,1H3,(H,38,39)/t33-/m0/s1. The highest BCUT2D eigenvalue weighted by Gasteiger charge is 2.51. The third-order valence-electron chi connectivity index (χ3n) is 9.69. The number of piperazine rings is 1. The molecule has 1 aromatic carbocycles. The van der Waals surface area contributed by atoms with Crippen molar-refractivity contribution in [1.82, 2.24) is 44.7 Å². The molecule has 0 radical (unpaired) electrons. The SMILES string of the molecule is Cn1cnc(-c2ccc(N3CCN(C(=O)CN4CC[C@]5(CCN(c6ccc7[nH]nc(-c8ccc(F)cn8)c7c6)C5=O)C4)CC3)nc2)n1. The Hall–Kier alpha value is -5.24. The minimum absolute atomic E-state index is 0.0980. The predicted molar refractivity (Wildman–Crippen MR) is 173 cm³/mol. The van der Waals surface area contributed by atoms with Crippen LogP contribution < -0.4 is 9.80 Å². The fourth-order valence-electron chi connectivity index (χ4n) is 7.07. The van der Waals surface area contributed by atoms with Crippen molar-refractivity contribution in [1.29, 1.82) is 0 Å². The number of aromatic amines is 1. The second kappa shape index (κ2) is 11.5. The summed E-state index contributed by atoms with van der Waals surface area (Å²) in [6.07, 6.45) is 6.10. The molecule has 4 aromatic heterocycles. The largest absolute Gasteiger partial charge is 0.353 e. The molecule has 1 atom stereocenters. The van der Waals surface area contributed by atoms with Crippen LogP contribution in [0.1, 0.15) is 12.8 Å². The molecule has 3 saturated heterocycles. The van der Waals surface area contributed by atoms with Gasteiger partial charge in [0.1, 0.15) is 23.7 Å². The van der Waals surface area contributed by atoms with E-state index in [1.54, 1.807) is 23.3 Å². The summed E-state index contributed by atoms with van der Waals surface area (Å²) in [5.41, 5.74) is 3.16. The van der Waals surface area contributed by atoms with Gasteiger partial charge in [-0.2, -0.15) is 10.2 Å². The quantitative estimate of drug-likeness (QED) is 0.299. The first kappa shape index (κ1) is 29.2. The number of likely N-dealkylation sites (tertiary alicyclic amines) is 1. The molecule has 0 bridgehead atoms. The van der Waals surface area contributed by atoms with Gasteiger partial charge in [0.15, 0.2) is 5.82 Å². The number of anilines is 2. The lowest BCUT2D eigenvalue weighted by Gasteiger charge is -2.36. The number of pyridine rings is 2. The van der Waals surface area contributed by atoms with Crippen LogP contribution in [0.4, 0.5) is 15.9 Å². The average Bonchev–Trinajstić information content (AvgIpc) is 3.89. The number of carbonyl (C=O) groups is 2. The van der Waals surface area contributed by atoms with Gasteiger partial charge < -0.3 is 14.7 Å². The number of aromatic nitrogens is 7. The Morgan fingerprint density at radius 3 is 2.55 bits per heavy atom. The fraction of sp³-hybridized carbons (Fsp3) is 0.364. The molecule has 1 spiro atoms. The minimum Gasteiger partial charge on any atom is -0.353 e. The lowest BCUT2D eigenvalue weighted by molar-refractivity contribution is -0.133. The number of nitrogens with zero attached hydrogens (tertiary/aromatic N) is 10. The highest BCUT2D eigenvalue weighted by molar-refractivity contribution is 6.03. The van der Waals surface area contributed by atoms with Crippen LogP contribution in [0.25, 0.3) is 33.7 Å². The van der Waals surface area contributed by atoms with E-state index in [-0.39, 0.29) is 11.8 Å². The maximum absolute atomic E-state index is 13.9. The van der Waals surface area contributed by atoms with Crippen LogP contribution in [-0.2, 0) is 16.6 Å². The third kappa shape index (κ3) is 5.37. The number of hydrogen-bond donors (Lipinski definition) is 1. The zero-order chi connectivity index (χ0) is 32.1. The molecule has 0 saturated carbocycles. The summed E-state index contributed by atoms with van der Waals surface area (Å²) in [5.74, 6) is 1.30. The van der Waals surface area contributed by atoms with Gasteiger partial charge in [0.05, 0.1) is 29.4 Å². The molecule has 47 heavy (non-hydrogen) atoms. The Bertz CT molecular complexity index is 1950. The first-order chi connectivity index (χ1) is 22.8. The van der Waals surface area contributed by atoms with E-state index in [1.165, 1.54) is 12.3 Å². The minimum atomic E-state index is -0.492. The summed E-state index contributed by atoms with van der Waals surface area (Å²) < 4.78 is 15.1. The van der Waals surface area contributed by atoms with Gasteiger partial charge in [-0.1, -0.05) is 0 Å². The molecule has 2 amide bonds. The Morgan fingerprint density at radius 1 is 0.957 bits per heavy atom. The first-order valence-corrected chi connectivity index (χ1v) is 15.8. The summed E-state index contributed by atoms with van der Waals surface area (Å²) >= 11 is 0. The molecular formula is C33H34FN11O2. The Labute approximate surface area is 270 Å². The van der Waals surface area contributed by atoms with E-state index in [0.717, 1.165) is 40.8 Å². The zero-order valence-electron chi connectivity index (χ0n) is 26.0. The topological polar surface area (TPSA) is 132 Å². The van der Waals surface area contributed by atoms with Gasteiger partial charge >= 0.3 is 0 Å². The van der Waals surface area contributed by atoms with Crippen molar-refractivity contribution in [2.45, 2.75) is 12.8 Å². The fourth-order valence-corrected chi connectivity index (χ4v) is 7.07. The maximum atomic E-state index is 13.9. The van der Waals surface area contributed by atoms with Crippen LogP contribution in [0, 0.1) is 11.2 Å². The predicted octanol–water partition coefficient (Wildman–Crippen LogP) is 2.73. The van der Waals surface area contributed by atoms with Crippen LogP contribution in [0.5, 0.6) is 0 Å². The normalized spacial score (nSPS) is 20.3. The number of carbonyl (C=O) groups excluding carboxylic acids is 2. The number of halogens is 1. The monoisotopic (exact) mass is 635 g/mol. The maximum Gasteiger partial charge on any atom is 0.236 e. The number of rotatable bonds is 6. The Kier molecular flexibility index (Phi) is 7.16. The highest BCUT2D eigenvalue weighted by Crippen LogP contribution is 2.43. The average molecular weight is 636 g/mol. The molecule has 0 aliphatic carbocycles. The van der Waals surface area contributed by atoms with E-state index < -0.39 is 11.2 Å². The summed E-state index contributed by atoms with van der Waals surface area (Å²) in [7, 11) is 1.83. The smallest absolute Gasteiger partial charge is 0.236 e. The van der Waals surface area contributed by atoms with Crippen LogP contribution in [0.2, 0.25) is 0 Å². The van der Waals surface area contributed by atoms with Crippen molar-refractivity contribution in [3.05, 3.63) is 67.0 Å². The van der Waals surface area contributed by atoms with Crippen molar-refractivity contribution >= 4 is 34.2 Å². The number of nitrogens with one attached hydrogen (secondary N) is 1. The lowest BCUT2D eigenvalue weighted by atomic mass is 9.85. The van der Waals surface area contributed by atoms with Crippen molar-refractivity contribution in [3.63, 3.8) is 0 Å². The number of H-pyrrole nitrogens is 1.